The van der Waals surface area contributed by atoms with Crippen molar-refractivity contribution in [3.8, 4) is 11.6 Å². The van der Waals surface area contributed by atoms with Crippen LogP contribution in [0, 0.1) is 0 Å². The van der Waals surface area contributed by atoms with Crippen LogP contribution in [0.3, 0.4) is 0 Å². The first-order valence-corrected chi connectivity index (χ1v) is 11.4. The molecule has 0 N–H and O–H groups in total. The predicted molar refractivity (Wildman–Crippen MR) is 125 cm³/mol. The highest BCUT2D eigenvalue weighted by Crippen LogP contribution is 2.32. The number of hydrogen-bond acceptors (Lipinski definition) is 7. The van der Waals surface area contributed by atoms with Crippen LogP contribution in [0.1, 0.15) is 11.1 Å². The van der Waals surface area contributed by atoms with Crippen molar-refractivity contribution in [3.63, 3.8) is 0 Å². The van der Waals surface area contributed by atoms with Crippen LogP contribution < -0.4 is 14.4 Å². The molecule has 0 unspecified atom stereocenters. The van der Waals surface area contributed by atoms with Gasteiger partial charge in [-0.1, -0.05) is 42.5 Å². The minimum Gasteiger partial charge on any atom is -0.497 e. The predicted octanol–water partition coefficient (Wildman–Crippen LogP) is 4.11. The zero-order chi connectivity index (χ0) is 21.5. The number of thioether (sulfide) groups is 1. The van der Waals surface area contributed by atoms with E-state index in [1.807, 2.05) is 36.5 Å². The molecule has 7 heteroatoms. The van der Waals surface area contributed by atoms with E-state index in [0.29, 0.717) is 12.5 Å². The number of piperazine rings is 1. The first-order valence-electron chi connectivity index (χ1n) is 10.4. The quantitative estimate of drug-likeness (QED) is 0.493. The second-order valence-corrected chi connectivity index (χ2v) is 8.56. The summed E-state index contributed by atoms with van der Waals surface area (Å²) >= 11 is 1.69. The molecule has 0 bridgehead atoms. The summed E-state index contributed by atoms with van der Waals surface area (Å²) in [4.78, 5) is 15.0. The lowest BCUT2D eigenvalue weighted by Gasteiger charge is -2.32. The molecule has 0 amide bonds. The summed E-state index contributed by atoms with van der Waals surface area (Å²) in [7, 11) is 3.82. The Hall–Kier alpha value is -2.77. The molecule has 0 aliphatic carbocycles. The molecule has 0 spiro atoms. The van der Waals surface area contributed by atoms with Crippen molar-refractivity contribution in [2.75, 3.05) is 45.2 Å². The van der Waals surface area contributed by atoms with Gasteiger partial charge >= 0.3 is 0 Å². The number of aromatic nitrogens is 2. The minimum absolute atomic E-state index is 0.482. The average molecular weight is 437 g/mol. The Morgan fingerprint density at radius 1 is 0.935 bits per heavy atom. The highest BCUT2D eigenvalue weighted by atomic mass is 32.2. The van der Waals surface area contributed by atoms with E-state index in [9.17, 15) is 0 Å². The molecule has 3 aromatic rings. The maximum atomic E-state index is 6.17. The maximum absolute atomic E-state index is 6.17. The highest BCUT2D eigenvalue weighted by Gasteiger charge is 2.19. The second kappa shape index (κ2) is 10.5. The van der Waals surface area contributed by atoms with Gasteiger partial charge in [-0.3, -0.25) is 0 Å². The van der Waals surface area contributed by atoms with E-state index in [1.54, 1.807) is 18.9 Å². The summed E-state index contributed by atoms with van der Waals surface area (Å²) in [6.45, 7) is 4.35. The number of methoxy groups -OCH3 is 1. The van der Waals surface area contributed by atoms with Gasteiger partial charge in [0, 0.05) is 38.1 Å². The minimum atomic E-state index is 0.482. The van der Waals surface area contributed by atoms with Gasteiger partial charge in [0.05, 0.1) is 12.0 Å². The number of nitrogens with zero attached hydrogens (tertiary/aromatic N) is 4. The second-order valence-electron chi connectivity index (χ2n) is 7.54. The Balaban J connectivity index is 1.50. The zero-order valence-corrected chi connectivity index (χ0v) is 18.8. The normalized spacial score (nSPS) is 14.5. The van der Waals surface area contributed by atoms with Gasteiger partial charge < -0.3 is 19.3 Å². The molecule has 0 saturated carbocycles. The summed E-state index contributed by atoms with van der Waals surface area (Å²) in [6.07, 6.45) is 1.90. The van der Waals surface area contributed by atoms with Crippen LogP contribution in [0.25, 0.3) is 0 Å². The third-order valence-corrected chi connectivity index (χ3v) is 6.34. The van der Waals surface area contributed by atoms with Crippen LogP contribution in [0.5, 0.6) is 11.6 Å². The number of anilines is 1. The molecule has 2 aromatic carbocycles. The summed E-state index contributed by atoms with van der Waals surface area (Å²) in [5.74, 6) is 3.06. The first-order chi connectivity index (χ1) is 15.2. The van der Waals surface area contributed by atoms with Crippen molar-refractivity contribution in [3.05, 3.63) is 71.9 Å². The SMILES string of the molecule is COc1ccc(CSc2cnc(N3CCN(C)CC3)nc2OCc2ccccc2)cc1. The number of likely N-dealkylation sites (N-methyl/N-ethyl adjacent to an activating group) is 1. The van der Waals surface area contributed by atoms with Gasteiger partial charge in [0.2, 0.25) is 11.8 Å². The topological polar surface area (TPSA) is 50.7 Å². The molecule has 1 saturated heterocycles. The average Bonchev–Trinajstić information content (AvgIpc) is 2.83. The van der Waals surface area contributed by atoms with Crippen molar-refractivity contribution in [1.82, 2.24) is 14.9 Å². The molecule has 1 aromatic heterocycles. The monoisotopic (exact) mass is 436 g/mol. The van der Waals surface area contributed by atoms with Crippen molar-refractivity contribution in [1.29, 1.82) is 0 Å². The highest BCUT2D eigenvalue weighted by molar-refractivity contribution is 7.98. The fourth-order valence-corrected chi connectivity index (χ4v) is 4.19. The van der Waals surface area contributed by atoms with Gasteiger partial charge in [0.25, 0.3) is 0 Å². The largest absolute Gasteiger partial charge is 0.497 e. The molecule has 1 aliphatic heterocycles. The van der Waals surface area contributed by atoms with E-state index in [0.717, 1.165) is 54.1 Å². The fraction of sp³-hybridized carbons (Fsp3) is 0.333. The Labute approximate surface area is 188 Å². The Bertz CT molecular complexity index is 961. The molecule has 162 valence electrons. The van der Waals surface area contributed by atoms with Gasteiger partial charge in [0.1, 0.15) is 12.4 Å². The smallest absolute Gasteiger partial charge is 0.232 e. The van der Waals surface area contributed by atoms with Crippen LogP contribution in [0.2, 0.25) is 0 Å². The fourth-order valence-electron chi connectivity index (χ4n) is 3.32. The van der Waals surface area contributed by atoms with Gasteiger partial charge in [-0.05, 0) is 30.3 Å². The third kappa shape index (κ3) is 5.89. The lowest BCUT2D eigenvalue weighted by molar-refractivity contribution is 0.283. The summed E-state index contributed by atoms with van der Waals surface area (Å²) in [5.41, 5.74) is 2.33. The molecular weight excluding hydrogens is 408 g/mol. The zero-order valence-electron chi connectivity index (χ0n) is 18.0. The maximum Gasteiger partial charge on any atom is 0.232 e. The summed E-state index contributed by atoms with van der Waals surface area (Å²) in [5, 5.41) is 0. The van der Waals surface area contributed by atoms with Crippen molar-refractivity contribution >= 4 is 17.7 Å². The number of ether oxygens (including phenoxy) is 2. The van der Waals surface area contributed by atoms with E-state index in [1.165, 1.54) is 5.56 Å². The molecule has 4 rings (SSSR count). The molecule has 2 heterocycles. The van der Waals surface area contributed by atoms with Crippen molar-refractivity contribution in [2.45, 2.75) is 17.3 Å². The summed E-state index contributed by atoms with van der Waals surface area (Å²) < 4.78 is 11.4. The molecular formula is C24H28N4O2S. The molecule has 0 atom stereocenters. The molecule has 0 radical (unpaired) electrons. The van der Waals surface area contributed by atoms with Gasteiger partial charge in [-0.25, -0.2) is 4.98 Å². The number of hydrogen-bond donors (Lipinski definition) is 0. The Morgan fingerprint density at radius 3 is 2.39 bits per heavy atom. The van der Waals surface area contributed by atoms with Crippen LogP contribution in [-0.2, 0) is 12.4 Å². The van der Waals surface area contributed by atoms with Gasteiger partial charge in [-0.2, -0.15) is 4.98 Å². The van der Waals surface area contributed by atoms with E-state index in [2.05, 4.69) is 46.1 Å². The van der Waals surface area contributed by atoms with E-state index in [-0.39, 0.29) is 0 Å². The lowest BCUT2D eigenvalue weighted by Crippen LogP contribution is -2.45. The molecule has 1 fully saturated rings. The number of benzene rings is 2. The van der Waals surface area contributed by atoms with Gasteiger partial charge in [-0.15, -0.1) is 11.8 Å². The van der Waals surface area contributed by atoms with E-state index in [4.69, 9.17) is 14.5 Å². The standard InChI is InChI=1S/C24H28N4O2S/c1-27-12-14-28(15-13-27)24-25-16-22(31-18-20-8-10-21(29-2)11-9-20)23(26-24)30-17-19-6-4-3-5-7-19/h3-11,16H,12-15,17-18H2,1-2H3. The first kappa shape index (κ1) is 21.5. The van der Waals surface area contributed by atoms with Gasteiger partial charge in [0.15, 0.2) is 0 Å². The van der Waals surface area contributed by atoms with E-state index >= 15 is 0 Å². The molecule has 31 heavy (non-hydrogen) atoms. The number of rotatable bonds is 8. The molecule has 1 aliphatic rings. The Morgan fingerprint density at radius 2 is 1.68 bits per heavy atom. The lowest BCUT2D eigenvalue weighted by atomic mass is 10.2. The Kier molecular flexibility index (Phi) is 7.27. The molecule has 6 nitrogen and oxygen atoms in total. The van der Waals surface area contributed by atoms with Crippen molar-refractivity contribution in [2.24, 2.45) is 0 Å². The van der Waals surface area contributed by atoms with Crippen molar-refractivity contribution < 1.29 is 9.47 Å². The van der Waals surface area contributed by atoms with Crippen LogP contribution in [0.15, 0.2) is 65.7 Å². The van der Waals surface area contributed by atoms with E-state index < -0.39 is 0 Å². The van der Waals surface area contributed by atoms with Crippen LogP contribution in [-0.4, -0.2) is 55.2 Å². The van der Waals surface area contributed by atoms with Crippen LogP contribution >= 0.6 is 11.8 Å². The van der Waals surface area contributed by atoms with Crippen LogP contribution in [0.4, 0.5) is 5.95 Å². The summed E-state index contributed by atoms with van der Waals surface area (Å²) in [6, 6.07) is 18.3. The third-order valence-electron chi connectivity index (χ3n) is 5.27.